The van der Waals surface area contributed by atoms with Gasteiger partial charge >= 0.3 is 0 Å². The number of likely N-dealkylation sites (tertiary alicyclic amines) is 1. The highest BCUT2D eigenvalue weighted by Crippen LogP contribution is 2.16. The lowest BCUT2D eigenvalue weighted by molar-refractivity contribution is 0.276. The van der Waals surface area contributed by atoms with E-state index in [1.54, 1.807) is 0 Å². The standard InChI is InChI=1S/C23H35N7/c1-18-26-22-12-11-21(17-30(22)28-18)27-23(24-2)25-15-19-9-5-6-10-20(19)16-29-13-7-3-4-8-14-29/h5-6,9-10,21H,3-4,7-8,11-17H2,1-2H3,(H2,24,25,27). The van der Waals surface area contributed by atoms with Gasteiger partial charge in [-0.1, -0.05) is 37.1 Å². The van der Waals surface area contributed by atoms with E-state index in [1.807, 2.05) is 18.7 Å². The molecule has 2 aromatic rings. The number of hydrogen-bond donors (Lipinski definition) is 2. The molecule has 7 nitrogen and oxygen atoms in total. The van der Waals surface area contributed by atoms with Gasteiger partial charge in [0.05, 0.1) is 6.54 Å². The van der Waals surface area contributed by atoms with E-state index >= 15 is 0 Å². The minimum atomic E-state index is 0.317. The van der Waals surface area contributed by atoms with Gasteiger partial charge < -0.3 is 10.6 Å². The van der Waals surface area contributed by atoms with E-state index in [0.717, 1.165) is 50.1 Å². The van der Waals surface area contributed by atoms with E-state index in [4.69, 9.17) is 0 Å². The van der Waals surface area contributed by atoms with Crippen molar-refractivity contribution in [3.8, 4) is 0 Å². The number of nitrogens with zero attached hydrogens (tertiary/aromatic N) is 5. The van der Waals surface area contributed by atoms with Crippen LogP contribution in [0.15, 0.2) is 29.3 Å². The van der Waals surface area contributed by atoms with Gasteiger partial charge in [0.15, 0.2) is 5.96 Å². The van der Waals surface area contributed by atoms with Crippen LogP contribution in [-0.2, 0) is 26.1 Å². The zero-order valence-electron chi connectivity index (χ0n) is 18.4. The molecule has 3 heterocycles. The van der Waals surface area contributed by atoms with Crippen molar-refractivity contribution in [2.75, 3.05) is 20.1 Å². The second-order valence-corrected chi connectivity index (χ2v) is 8.52. The van der Waals surface area contributed by atoms with Crippen LogP contribution in [0.2, 0.25) is 0 Å². The fourth-order valence-electron chi connectivity index (χ4n) is 4.54. The van der Waals surface area contributed by atoms with Gasteiger partial charge in [0.2, 0.25) is 0 Å². The van der Waals surface area contributed by atoms with Crippen LogP contribution in [0.4, 0.5) is 0 Å². The van der Waals surface area contributed by atoms with Crippen molar-refractivity contribution in [1.29, 1.82) is 0 Å². The van der Waals surface area contributed by atoms with Gasteiger partial charge in [-0.15, -0.1) is 0 Å². The summed E-state index contributed by atoms with van der Waals surface area (Å²) in [5, 5.41) is 11.6. The molecular formula is C23H35N7. The summed E-state index contributed by atoms with van der Waals surface area (Å²) in [7, 11) is 1.84. The van der Waals surface area contributed by atoms with Gasteiger partial charge in [-0.25, -0.2) is 9.67 Å². The Hall–Kier alpha value is -2.41. The average Bonchev–Trinajstić information content (AvgIpc) is 2.94. The topological polar surface area (TPSA) is 70.4 Å². The van der Waals surface area contributed by atoms with E-state index in [2.05, 4.69) is 54.9 Å². The Labute approximate surface area is 180 Å². The lowest BCUT2D eigenvalue weighted by atomic mass is 10.1. The van der Waals surface area contributed by atoms with Crippen molar-refractivity contribution >= 4 is 5.96 Å². The normalized spacial score (nSPS) is 20.5. The minimum absolute atomic E-state index is 0.317. The number of rotatable bonds is 5. The minimum Gasteiger partial charge on any atom is -0.352 e. The van der Waals surface area contributed by atoms with E-state index in [1.165, 1.54) is 49.9 Å². The van der Waals surface area contributed by atoms with Crippen LogP contribution in [0, 0.1) is 6.92 Å². The summed E-state index contributed by atoms with van der Waals surface area (Å²) in [6.45, 7) is 7.05. The Morgan fingerprint density at radius 2 is 1.90 bits per heavy atom. The Kier molecular flexibility index (Phi) is 7.00. The zero-order chi connectivity index (χ0) is 20.8. The molecule has 0 spiro atoms. The van der Waals surface area contributed by atoms with Crippen molar-refractivity contribution in [1.82, 2.24) is 30.3 Å². The van der Waals surface area contributed by atoms with Crippen molar-refractivity contribution < 1.29 is 0 Å². The molecule has 1 atom stereocenters. The van der Waals surface area contributed by atoms with E-state index in [-0.39, 0.29) is 0 Å². The summed E-state index contributed by atoms with van der Waals surface area (Å²) in [5.41, 5.74) is 2.77. The number of hydrogen-bond acceptors (Lipinski definition) is 4. The third-order valence-electron chi connectivity index (χ3n) is 6.19. The molecule has 2 N–H and O–H groups in total. The monoisotopic (exact) mass is 409 g/mol. The third-order valence-corrected chi connectivity index (χ3v) is 6.19. The first-order valence-corrected chi connectivity index (χ1v) is 11.4. The van der Waals surface area contributed by atoms with Crippen LogP contribution in [0.5, 0.6) is 0 Å². The summed E-state index contributed by atoms with van der Waals surface area (Å²) < 4.78 is 2.03. The molecule has 0 radical (unpaired) electrons. The maximum atomic E-state index is 4.50. The fourth-order valence-corrected chi connectivity index (χ4v) is 4.54. The number of fused-ring (bicyclic) bond motifs is 1. The van der Waals surface area contributed by atoms with E-state index < -0.39 is 0 Å². The number of aliphatic imine (C=N–C) groups is 1. The molecule has 2 aliphatic heterocycles. The summed E-state index contributed by atoms with van der Waals surface area (Å²) >= 11 is 0. The maximum absolute atomic E-state index is 4.50. The zero-order valence-corrected chi connectivity index (χ0v) is 18.4. The highest BCUT2D eigenvalue weighted by Gasteiger charge is 2.21. The lowest BCUT2D eigenvalue weighted by Gasteiger charge is -2.26. The van der Waals surface area contributed by atoms with Crippen LogP contribution in [0.25, 0.3) is 0 Å². The van der Waals surface area contributed by atoms with Gasteiger partial charge in [-0.05, 0) is 50.4 Å². The number of nitrogens with one attached hydrogen (secondary N) is 2. The largest absolute Gasteiger partial charge is 0.352 e. The van der Waals surface area contributed by atoms with Gasteiger partial charge in [0.1, 0.15) is 11.6 Å². The molecule has 4 rings (SSSR count). The third kappa shape index (κ3) is 5.39. The van der Waals surface area contributed by atoms with Crippen LogP contribution in [0.3, 0.4) is 0 Å². The summed E-state index contributed by atoms with van der Waals surface area (Å²) in [6.07, 6.45) is 7.40. The second kappa shape index (κ2) is 10.1. The van der Waals surface area contributed by atoms with Crippen LogP contribution >= 0.6 is 0 Å². The second-order valence-electron chi connectivity index (χ2n) is 8.52. The molecule has 1 saturated heterocycles. The smallest absolute Gasteiger partial charge is 0.191 e. The summed E-state index contributed by atoms with van der Waals surface area (Å²) in [4.78, 5) is 11.6. The molecule has 0 amide bonds. The van der Waals surface area contributed by atoms with E-state index in [9.17, 15) is 0 Å². The van der Waals surface area contributed by atoms with Gasteiger partial charge in [0, 0.05) is 32.6 Å². The predicted octanol–water partition coefficient (Wildman–Crippen LogP) is 2.64. The van der Waals surface area contributed by atoms with Gasteiger partial charge in [-0.2, -0.15) is 5.10 Å². The van der Waals surface area contributed by atoms with Crippen LogP contribution in [-0.4, -0.2) is 51.8 Å². The predicted molar refractivity (Wildman–Crippen MR) is 120 cm³/mol. The molecule has 1 fully saturated rings. The summed E-state index contributed by atoms with van der Waals surface area (Å²) in [5.74, 6) is 2.80. The number of benzene rings is 1. The number of aromatic nitrogens is 3. The molecular weight excluding hydrogens is 374 g/mol. The Bertz CT molecular complexity index is 849. The molecule has 1 aromatic heterocycles. The quantitative estimate of drug-likeness (QED) is 0.587. The first-order valence-electron chi connectivity index (χ1n) is 11.4. The Morgan fingerprint density at radius 3 is 2.67 bits per heavy atom. The van der Waals surface area contributed by atoms with Crippen molar-refractivity contribution in [2.45, 2.75) is 71.1 Å². The maximum Gasteiger partial charge on any atom is 0.191 e. The number of aryl methyl sites for hydroxylation is 2. The highest BCUT2D eigenvalue weighted by molar-refractivity contribution is 5.80. The molecule has 0 saturated carbocycles. The SMILES string of the molecule is CN=C(NCc1ccccc1CN1CCCCCC1)NC1CCc2nc(C)nn2C1. The highest BCUT2D eigenvalue weighted by atomic mass is 15.4. The molecule has 2 aliphatic rings. The van der Waals surface area contributed by atoms with Crippen molar-refractivity contribution in [2.24, 2.45) is 4.99 Å². The lowest BCUT2D eigenvalue weighted by Crippen LogP contribution is -2.46. The molecule has 0 bridgehead atoms. The van der Waals surface area contributed by atoms with Gasteiger partial charge in [-0.3, -0.25) is 9.89 Å². The fraction of sp³-hybridized carbons (Fsp3) is 0.609. The number of guanidine groups is 1. The molecule has 0 aliphatic carbocycles. The van der Waals surface area contributed by atoms with Crippen molar-refractivity contribution in [3.05, 3.63) is 47.0 Å². The van der Waals surface area contributed by atoms with E-state index in [0.29, 0.717) is 6.04 Å². The molecule has 1 unspecified atom stereocenters. The first-order chi connectivity index (χ1) is 14.7. The molecule has 162 valence electrons. The molecule has 7 heteroatoms. The van der Waals surface area contributed by atoms with Gasteiger partial charge in [0.25, 0.3) is 0 Å². The summed E-state index contributed by atoms with van der Waals surface area (Å²) in [6, 6.07) is 9.11. The molecule has 1 aromatic carbocycles. The van der Waals surface area contributed by atoms with Crippen LogP contribution in [0.1, 0.15) is 54.9 Å². The molecule has 30 heavy (non-hydrogen) atoms. The van der Waals surface area contributed by atoms with Crippen molar-refractivity contribution in [3.63, 3.8) is 0 Å². The van der Waals surface area contributed by atoms with Crippen LogP contribution < -0.4 is 10.6 Å². The Balaban J connectivity index is 1.33. The average molecular weight is 410 g/mol. The first kappa shape index (κ1) is 20.8. The Morgan fingerprint density at radius 1 is 1.13 bits per heavy atom.